The summed E-state index contributed by atoms with van der Waals surface area (Å²) in [6.07, 6.45) is 7.27. The van der Waals surface area contributed by atoms with E-state index in [9.17, 15) is 4.79 Å². The van der Waals surface area contributed by atoms with Crippen LogP contribution in [-0.4, -0.2) is 39.6 Å². The van der Waals surface area contributed by atoms with Crippen LogP contribution in [0, 0.1) is 0 Å². The van der Waals surface area contributed by atoms with Crippen molar-refractivity contribution in [2.24, 2.45) is 5.73 Å². The fraction of sp³-hybridized carbons (Fsp3) is 0.500. The van der Waals surface area contributed by atoms with Crippen LogP contribution in [0.2, 0.25) is 0 Å². The molecule has 6 nitrogen and oxygen atoms in total. The van der Waals surface area contributed by atoms with Crippen LogP contribution in [0.15, 0.2) is 41.3 Å². The predicted molar refractivity (Wildman–Crippen MR) is 105 cm³/mol. The predicted octanol–water partition coefficient (Wildman–Crippen LogP) is 1.95. The molecule has 0 saturated heterocycles. The number of hydrogen-bond donors (Lipinski definition) is 2. The average molecular weight is 355 g/mol. The van der Waals surface area contributed by atoms with Crippen LogP contribution in [0.25, 0.3) is 5.69 Å². The minimum absolute atomic E-state index is 0.239. The number of likely N-dealkylation sites (N-methyl/N-ethyl adjacent to an activating group) is 1. The Bertz CT molecular complexity index is 778. The first-order valence-corrected chi connectivity index (χ1v) is 9.36. The van der Waals surface area contributed by atoms with E-state index >= 15 is 0 Å². The molecule has 0 spiro atoms. The van der Waals surface area contributed by atoms with Gasteiger partial charge in [-0.3, -0.25) is 4.57 Å². The van der Waals surface area contributed by atoms with Crippen LogP contribution in [-0.2, 0) is 6.42 Å². The Morgan fingerprint density at radius 1 is 1.19 bits per heavy atom. The highest BCUT2D eigenvalue weighted by molar-refractivity contribution is 5.36. The lowest BCUT2D eigenvalue weighted by Crippen LogP contribution is -2.43. The summed E-state index contributed by atoms with van der Waals surface area (Å²) >= 11 is 0. The molecule has 1 aromatic carbocycles. The van der Waals surface area contributed by atoms with Crippen LogP contribution in [0.1, 0.15) is 38.2 Å². The third-order valence-corrected chi connectivity index (χ3v) is 5.58. The Morgan fingerprint density at radius 3 is 2.46 bits per heavy atom. The largest absolute Gasteiger partial charge is 0.383 e. The molecule has 1 fully saturated rings. The standard InChI is InChI=1S/C20H29N5O/c1-14(24(2)17-9-5-16(21)6-10-17)13-15-3-7-18(8-4-15)25-12-11-19(22)23-20(25)26/h3-4,7-8,11-12,14,16-17H,5-6,9-10,13,21H2,1-2H3,(H2,22,23,26). The van der Waals surface area contributed by atoms with Gasteiger partial charge in [-0.15, -0.1) is 0 Å². The van der Waals surface area contributed by atoms with Gasteiger partial charge >= 0.3 is 5.69 Å². The fourth-order valence-corrected chi connectivity index (χ4v) is 3.76. The van der Waals surface area contributed by atoms with E-state index in [1.165, 1.54) is 23.0 Å². The van der Waals surface area contributed by atoms with E-state index in [0.29, 0.717) is 18.1 Å². The van der Waals surface area contributed by atoms with Crippen LogP contribution >= 0.6 is 0 Å². The van der Waals surface area contributed by atoms with Gasteiger partial charge in [0.05, 0.1) is 5.69 Å². The Balaban J connectivity index is 1.64. The molecule has 0 amide bonds. The lowest BCUT2D eigenvalue weighted by Gasteiger charge is -2.37. The summed E-state index contributed by atoms with van der Waals surface area (Å²) in [5.41, 5.74) is 13.3. The smallest absolute Gasteiger partial charge is 0.354 e. The molecule has 140 valence electrons. The number of nitrogens with zero attached hydrogens (tertiary/aromatic N) is 3. The summed E-state index contributed by atoms with van der Waals surface area (Å²) < 4.78 is 1.50. The van der Waals surface area contributed by atoms with E-state index in [1.54, 1.807) is 12.3 Å². The molecule has 0 aliphatic heterocycles. The number of rotatable bonds is 5. The molecule has 6 heteroatoms. The Kier molecular flexibility index (Phi) is 5.74. The Morgan fingerprint density at radius 2 is 1.85 bits per heavy atom. The summed E-state index contributed by atoms with van der Waals surface area (Å²) in [6.45, 7) is 2.27. The first-order chi connectivity index (χ1) is 12.4. The summed E-state index contributed by atoms with van der Waals surface area (Å²) in [5, 5.41) is 0. The van der Waals surface area contributed by atoms with Crippen molar-refractivity contribution in [3.8, 4) is 5.69 Å². The first kappa shape index (κ1) is 18.6. The number of benzene rings is 1. The summed E-state index contributed by atoms with van der Waals surface area (Å²) in [4.78, 5) is 18.2. The molecule has 4 N–H and O–H groups in total. The van der Waals surface area contributed by atoms with Gasteiger partial charge in [-0.2, -0.15) is 4.98 Å². The topological polar surface area (TPSA) is 90.2 Å². The zero-order valence-electron chi connectivity index (χ0n) is 15.6. The molecule has 1 aromatic heterocycles. The molecular weight excluding hydrogens is 326 g/mol. The molecule has 1 aliphatic carbocycles. The molecule has 1 unspecified atom stereocenters. The van der Waals surface area contributed by atoms with Crippen molar-refractivity contribution in [1.29, 1.82) is 0 Å². The van der Waals surface area contributed by atoms with Crippen molar-refractivity contribution in [1.82, 2.24) is 14.5 Å². The van der Waals surface area contributed by atoms with E-state index in [-0.39, 0.29) is 11.5 Å². The molecule has 1 heterocycles. The lowest BCUT2D eigenvalue weighted by molar-refractivity contribution is 0.140. The average Bonchev–Trinajstić information content (AvgIpc) is 2.63. The van der Waals surface area contributed by atoms with Crippen molar-refractivity contribution < 1.29 is 0 Å². The molecule has 1 saturated carbocycles. The third kappa shape index (κ3) is 4.31. The van der Waals surface area contributed by atoms with Gasteiger partial charge in [0.15, 0.2) is 0 Å². The highest BCUT2D eigenvalue weighted by Gasteiger charge is 2.24. The van der Waals surface area contributed by atoms with Crippen molar-refractivity contribution in [2.75, 3.05) is 12.8 Å². The summed E-state index contributed by atoms with van der Waals surface area (Å²) in [6, 6.07) is 11.2. The van der Waals surface area contributed by atoms with Crippen LogP contribution in [0.5, 0.6) is 0 Å². The number of nitrogen functional groups attached to an aromatic ring is 1. The summed E-state index contributed by atoms with van der Waals surface area (Å²) in [5.74, 6) is 0.239. The zero-order chi connectivity index (χ0) is 18.7. The van der Waals surface area contributed by atoms with Gasteiger partial charge in [-0.25, -0.2) is 4.79 Å². The van der Waals surface area contributed by atoms with Crippen LogP contribution < -0.4 is 17.2 Å². The van der Waals surface area contributed by atoms with E-state index in [0.717, 1.165) is 24.9 Å². The molecule has 0 bridgehead atoms. The monoisotopic (exact) mass is 355 g/mol. The second kappa shape index (κ2) is 8.01. The minimum atomic E-state index is -0.360. The highest BCUT2D eigenvalue weighted by atomic mass is 16.1. The van der Waals surface area contributed by atoms with Crippen molar-refractivity contribution >= 4 is 5.82 Å². The SMILES string of the molecule is CC(Cc1ccc(-n2ccc(N)nc2=O)cc1)N(C)C1CCC(N)CC1. The second-order valence-corrected chi connectivity index (χ2v) is 7.46. The maximum atomic E-state index is 11.9. The molecule has 1 atom stereocenters. The molecule has 1 aliphatic rings. The van der Waals surface area contributed by atoms with Gasteiger partial charge in [0.25, 0.3) is 0 Å². The number of hydrogen-bond acceptors (Lipinski definition) is 5. The Labute approximate surface area is 154 Å². The molecule has 3 rings (SSSR count). The minimum Gasteiger partial charge on any atom is -0.383 e. The van der Waals surface area contributed by atoms with Gasteiger partial charge in [-0.05, 0) is 69.8 Å². The normalized spacial score (nSPS) is 21.7. The third-order valence-electron chi connectivity index (χ3n) is 5.58. The van der Waals surface area contributed by atoms with E-state index in [4.69, 9.17) is 11.5 Å². The molecule has 2 aromatic rings. The maximum absolute atomic E-state index is 11.9. The Hall–Kier alpha value is -2.18. The van der Waals surface area contributed by atoms with Gasteiger partial charge in [0, 0.05) is 24.3 Å². The zero-order valence-corrected chi connectivity index (χ0v) is 15.6. The molecule has 26 heavy (non-hydrogen) atoms. The molecule has 0 radical (unpaired) electrons. The van der Waals surface area contributed by atoms with Gasteiger partial charge in [0.2, 0.25) is 0 Å². The highest BCUT2D eigenvalue weighted by Crippen LogP contribution is 2.23. The number of aromatic nitrogens is 2. The quantitative estimate of drug-likeness (QED) is 0.855. The van der Waals surface area contributed by atoms with Gasteiger partial charge < -0.3 is 16.4 Å². The van der Waals surface area contributed by atoms with Crippen LogP contribution in [0.3, 0.4) is 0 Å². The molecular formula is C20H29N5O. The first-order valence-electron chi connectivity index (χ1n) is 9.36. The summed E-state index contributed by atoms with van der Waals surface area (Å²) in [7, 11) is 2.22. The van der Waals surface area contributed by atoms with Crippen molar-refractivity contribution in [3.05, 3.63) is 52.6 Å². The number of nitrogens with two attached hydrogens (primary N) is 2. The van der Waals surface area contributed by atoms with Crippen molar-refractivity contribution in [2.45, 2.75) is 57.2 Å². The second-order valence-electron chi connectivity index (χ2n) is 7.46. The lowest BCUT2D eigenvalue weighted by atomic mass is 9.90. The number of anilines is 1. The van der Waals surface area contributed by atoms with Crippen molar-refractivity contribution in [3.63, 3.8) is 0 Å². The van der Waals surface area contributed by atoms with E-state index in [2.05, 4.69) is 36.0 Å². The fourth-order valence-electron chi connectivity index (χ4n) is 3.76. The van der Waals surface area contributed by atoms with Gasteiger partial charge in [0.1, 0.15) is 5.82 Å². The van der Waals surface area contributed by atoms with E-state index < -0.39 is 0 Å². The van der Waals surface area contributed by atoms with E-state index in [1.807, 2.05) is 12.1 Å². The maximum Gasteiger partial charge on any atom is 0.354 e. The van der Waals surface area contributed by atoms with Gasteiger partial charge in [-0.1, -0.05) is 12.1 Å². The van der Waals surface area contributed by atoms with Crippen LogP contribution in [0.4, 0.5) is 5.82 Å².